The number of amidine groups is 1. The van der Waals surface area contributed by atoms with Crippen LogP contribution in [0.3, 0.4) is 0 Å². The molecule has 1 N–H and O–H groups in total. The van der Waals surface area contributed by atoms with Crippen LogP contribution < -0.4 is 5.32 Å². The fourth-order valence-electron chi connectivity index (χ4n) is 1.13. The minimum atomic E-state index is 0.707. The molecule has 1 heterocycles. The number of thioether (sulfide) groups is 1. The summed E-state index contributed by atoms with van der Waals surface area (Å²) in [5.41, 5.74) is 0.964. The monoisotopic (exact) mass is 290 g/mol. The number of aliphatic imine (C=N–C) groups is 1. The maximum Gasteiger partial charge on any atom is 0.161 e. The number of hydrogen-bond acceptors (Lipinski definition) is 3. The van der Waals surface area contributed by atoms with Crippen LogP contribution in [0.2, 0.25) is 5.02 Å². The van der Waals surface area contributed by atoms with E-state index in [0.717, 1.165) is 27.6 Å². The third-order valence-electron chi connectivity index (χ3n) is 1.78. The number of rotatable bonds is 1. The van der Waals surface area contributed by atoms with Crippen LogP contribution in [0.15, 0.2) is 27.7 Å². The van der Waals surface area contributed by atoms with Crippen molar-refractivity contribution < 1.29 is 0 Å². The topological polar surface area (TPSA) is 24.4 Å². The molecular weight excluding hydrogens is 284 g/mol. The van der Waals surface area contributed by atoms with Crippen LogP contribution in [0.4, 0.5) is 5.69 Å². The molecule has 1 aromatic rings. The van der Waals surface area contributed by atoms with Crippen LogP contribution in [0.25, 0.3) is 0 Å². The highest BCUT2D eigenvalue weighted by Crippen LogP contribution is 2.31. The first-order valence-electron chi connectivity index (χ1n) is 4.15. The van der Waals surface area contributed by atoms with Crippen molar-refractivity contribution in [2.75, 3.05) is 17.6 Å². The Hall–Kier alpha value is -0.190. The van der Waals surface area contributed by atoms with Crippen LogP contribution >= 0.6 is 39.3 Å². The predicted octanol–water partition coefficient (Wildman–Crippen LogP) is 3.62. The zero-order chi connectivity index (χ0) is 9.97. The van der Waals surface area contributed by atoms with E-state index < -0.39 is 0 Å². The standard InChI is InChI=1S/C9H8BrClN2S/c10-8-6(11)2-1-3-7(8)13-9-12-4-5-14-9/h1-3H,4-5H2,(H,12,13). The summed E-state index contributed by atoms with van der Waals surface area (Å²) in [7, 11) is 0. The molecule has 0 aliphatic carbocycles. The van der Waals surface area contributed by atoms with Crippen LogP contribution in [0.5, 0.6) is 0 Å². The van der Waals surface area contributed by atoms with Crippen molar-refractivity contribution in [1.29, 1.82) is 0 Å². The summed E-state index contributed by atoms with van der Waals surface area (Å²) in [5.74, 6) is 1.06. The zero-order valence-corrected chi connectivity index (χ0v) is 10.4. The number of hydrogen-bond donors (Lipinski definition) is 1. The van der Waals surface area contributed by atoms with E-state index in [-0.39, 0.29) is 0 Å². The number of halogens is 2. The molecule has 0 saturated heterocycles. The van der Waals surface area contributed by atoms with Gasteiger partial charge in [-0.05, 0) is 28.1 Å². The molecule has 2 nitrogen and oxygen atoms in total. The van der Waals surface area contributed by atoms with Crippen LogP contribution in [-0.4, -0.2) is 17.5 Å². The molecule has 1 aliphatic heterocycles. The Bertz CT molecular complexity index is 381. The first-order valence-corrected chi connectivity index (χ1v) is 6.31. The molecule has 1 aliphatic rings. The van der Waals surface area contributed by atoms with Gasteiger partial charge in [0, 0.05) is 5.75 Å². The molecular formula is C9H8BrClN2S. The van der Waals surface area contributed by atoms with Gasteiger partial charge in [0.05, 0.1) is 21.7 Å². The molecule has 1 aromatic carbocycles. The molecule has 0 fully saturated rings. The van der Waals surface area contributed by atoms with Gasteiger partial charge in [-0.25, -0.2) is 0 Å². The maximum absolute atomic E-state index is 5.97. The van der Waals surface area contributed by atoms with E-state index in [9.17, 15) is 0 Å². The minimum Gasteiger partial charge on any atom is -0.334 e. The highest BCUT2D eigenvalue weighted by Gasteiger charge is 2.09. The molecule has 0 spiro atoms. The summed E-state index contributed by atoms with van der Waals surface area (Å²) in [4.78, 5) is 4.31. The zero-order valence-electron chi connectivity index (χ0n) is 7.26. The molecule has 0 aromatic heterocycles. The summed E-state index contributed by atoms with van der Waals surface area (Å²) in [6, 6.07) is 5.73. The van der Waals surface area contributed by atoms with Gasteiger partial charge < -0.3 is 5.32 Å². The Morgan fingerprint density at radius 2 is 2.36 bits per heavy atom. The molecule has 0 amide bonds. The third kappa shape index (κ3) is 2.24. The van der Waals surface area contributed by atoms with E-state index in [2.05, 4.69) is 26.2 Å². The van der Waals surface area contributed by atoms with Gasteiger partial charge in [0.1, 0.15) is 0 Å². The van der Waals surface area contributed by atoms with Crippen molar-refractivity contribution in [3.63, 3.8) is 0 Å². The first-order chi connectivity index (χ1) is 6.77. The molecule has 0 atom stereocenters. The summed E-state index contributed by atoms with van der Waals surface area (Å²) in [6.45, 7) is 0.894. The van der Waals surface area contributed by atoms with Gasteiger partial charge in [0.2, 0.25) is 0 Å². The summed E-state index contributed by atoms with van der Waals surface area (Å²) >= 11 is 11.1. The Morgan fingerprint density at radius 3 is 3.07 bits per heavy atom. The average Bonchev–Trinajstić information content (AvgIpc) is 2.66. The molecule has 14 heavy (non-hydrogen) atoms. The van der Waals surface area contributed by atoms with E-state index in [0.29, 0.717) is 5.02 Å². The number of nitrogens with zero attached hydrogens (tertiary/aromatic N) is 1. The molecule has 74 valence electrons. The van der Waals surface area contributed by atoms with E-state index >= 15 is 0 Å². The summed E-state index contributed by atoms with van der Waals surface area (Å²) in [5, 5.41) is 4.90. The largest absolute Gasteiger partial charge is 0.334 e. The van der Waals surface area contributed by atoms with Crippen molar-refractivity contribution in [3.8, 4) is 0 Å². The fraction of sp³-hybridized carbons (Fsp3) is 0.222. The number of benzene rings is 1. The van der Waals surface area contributed by atoms with Crippen LogP contribution in [0.1, 0.15) is 0 Å². The summed E-state index contributed by atoms with van der Waals surface area (Å²) < 4.78 is 0.886. The SMILES string of the molecule is Clc1cccc(NC2=NCCS2)c1Br. The van der Waals surface area contributed by atoms with Crippen molar-refractivity contribution in [3.05, 3.63) is 27.7 Å². The second kappa shape index (κ2) is 4.55. The lowest BCUT2D eigenvalue weighted by Crippen LogP contribution is -2.05. The highest BCUT2D eigenvalue weighted by atomic mass is 79.9. The highest BCUT2D eigenvalue weighted by molar-refractivity contribution is 9.10. The average molecular weight is 292 g/mol. The molecule has 2 rings (SSSR count). The molecule has 0 unspecified atom stereocenters. The van der Waals surface area contributed by atoms with Crippen molar-refractivity contribution in [2.45, 2.75) is 0 Å². The van der Waals surface area contributed by atoms with Crippen molar-refractivity contribution in [1.82, 2.24) is 0 Å². The van der Waals surface area contributed by atoms with Gasteiger partial charge in [-0.1, -0.05) is 29.4 Å². The Morgan fingerprint density at radius 1 is 1.50 bits per heavy atom. The molecule has 0 saturated carbocycles. The maximum atomic E-state index is 5.97. The Kier molecular flexibility index (Phi) is 3.36. The quantitative estimate of drug-likeness (QED) is 0.854. The molecule has 0 radical (unpaired) electrons. The summed E-state index contributed by atoms with van der Waals surface area (Å²) in [6.07, 6.45) is 0. The van der Waals surface area contributed by atoms with Gasteiger partial charge in [-0.15, -0.1) is 0 Å². The predicted molar refractivity (Wildman–Crippen MR) is 67.5 cm³/mol. The van der Waals surface area contributed by atoms with Crippen LogP contribution in [0, 0.1) is 0 Å². The van der Waals surface area contributed by atoms with Crippen molar-refractivity contribution >= 4 is 50.1 Å². The van der Waals surface area contributed by atoms with Crippen molar-refractivity contribution in [2.24, 2.45) is 4.99 Å². The molecule has 5 heteroatoms. The van der Waals surface area contributed by atoms with E-state index in [1.807, 2.05) is 18.2 Å². The van der Waals surface area contributed by atoms with Gasteiger partial charge in [-0.2, -0.15) is 0 Å². The lowest BCUT2D eigenvalue weighted by atomic mass is 10.3. The third-order valence-corrected chi connectivity index (χ3v) is 4.07. The number of nitrogens with one attached hydrogen (secondary N) is 1. The molecule has 0 bridgehead atoms. The Labute approximate surface area is 100 Å². The lowest BCUT2D eigenvalue weighted by molar-refractivity contribution is 1.17. The lowest BCUT2D eigenvalue weighted by Gasteiger charge is -2.07. The van der Waals surface area contributed by atoms with E-state index in [1.165, 1.54) is 0 Å². The second-order valence-electron chi connectivity index (χ2n) is 2.76. The van der Waals surface area contributed by atoms with Gasteiger partial charge >= 0.3 is 0 Å². The fourth-order valence-corrected chi connectivity index (χ4v) is 2.40. The van der Waals surface area contributed by atoms with Gasteiger partial charge in [-0.3, -0.25) is 4.99 Å². The Balaban J connectivity index is 2.20. The van der Waals surface area contributed by atoms with Crippen LogP contribution in [-0.2, 0) is 0 Å². The number of anilines is 1. The van der Waals surface area contributed by atoms with Gasteiger partial charge in [0.25, 0.3) is 0 Å². The van der Waals surface area contributed by atoms with E-state index in [4.69, 9.17) is 11.6 Å². The van der Waals surface area contributed by atoms with Gasteiger partial charge in [0.15, 0.2) is 5.17 Å². The smallest absolute Gasteiger partial charge is 0.161 e. The normalized spacial score (nSPS) is 15.4. The van der Waals surface area contributed by atoms with E-state index in [1.54, 1.807) is 11.8 Å². The first kappa shape index (κ1) is 10.3. The second-order valence-corrected chi connectivity index (χ2v) is 5.05. The minimum absolute atomic E-state index is 0.707.